The van der Waals surface area contributed by atoms with E-state index in [-0.39, 0.29) is 30.6 Å². The second-order valence-electron chi connectivity index (χ2n) is 8.34. The zero-order chi connectivity index (χ0) is 25.3. The van der Waals surface area contributed by atoms with Gasteiger partial charge >= 0.3 is 0 Å². The van der Waals surface area contributed by atoms with Crippen LogP contribution in [0.25, 0.3) is 0 Å². The van der Waals surface area contributed by atoms with Gasteiger partial charge in [-0.3, -0.25) is 14.6 Å². The van der Waals surface area contributed by atoms with Gasteiger partial charge in [0.2, 0.25) is 11.8 Å². The molecule has 0 aliphatic carbocycles. The Hall–Kier alpha value is -4.03. The summed E-state index contributed by atoms with van der Waals surface area (Å²) in [6.45, 7) is 0.426. The highest BCUT2D eigenvalue weighted by molar-refractivity contribution is 6.30. The molecule has 1 N–H and O–H groups in total. The Morgan fingerprint density at radius 1 is 0.833 bits per heavy atom. The molecule has 4 rings (SSSR count). The van der Waals surface area contributed by atoms with Gasteiger partial charge in [-0.25, -0.2) is 4.39 Å². The first-order valence-electron chi connectivity index (χ1n) is 11.5. The minimum Gasteiger partial charge on any atom is -0.350 e. The van der Waals surface area contributed by atoms with Crippen molar-refractivity contribution in [2.45, 2.75) is 25.6 Å². The van der Waals surface area contributed by atoms with Crippen LogP contribution in [0.3, 0.4) is 0 Å². The fourth-order valence-corrected chi connectivity index (χ4v) is 4.01. The topological polar surface area (TPSA) is 62.3 Å². The van der Waals surface area contributed by atoms with E-state index in [0.29, 0.717) is 22.7 Å². The molecule has 0 radical (unpaired) electrons. The quantitative estimate of drug-likeness (QED) is 0.329. The standard InChI is InChI=1S/C29H25ClFN3O2/c30-25-10-6-21(7-11-25)18-27(35)34(20-23-8-12-26(31)13-9-23)28(24-4-2-1-3-5-24)29(36)33-19-22-14-16-32-17-15-22/h1-17,28H,18-20H2,(H,33,36)/t28-/m1/s1. The number of nitrogens with one attached hydrogen (secondary N) is 1. The summed E-state index contributed by atoms with van der Waals surface area (Å²) in [6.07, 6.45) is 3.40. The number of hydrogen-bond acceptors (Lipinski definition) is 3. The molecule has 0 fully saturated rings. The maximum Gasteiger partial charge on any atom is 0.247 e. The molecule has 36 heavy (non-hydrogen) atoms. The van der Waals surface area contributed by atoms with Gasteiger partial charge in [0.05, 0.1) is 6.42 Å². The fraction of sp³-hybridized carbons (Fsp3) is 0.138. The summed E-state index contributed by atoms with van der Waals surface area (Å²) in [5.41, 5.74) is 3.06. The smallest absolute Gasteiger partial charge is 0.247 e. The molecule has 0 bridgehead atoms. The summed E-state index contributed by atoms with van der Waals surface area (Å²) >= 11 is 6.01. The van der Waals surface area contributed by atoms with Crippen LogP contribution >= 0.6 is 11.6 Å². The minimum absolute atomic E-state index is 0.0827. The molecular weight excluding hydrogens is 477 g/mol. The monoisotopic (exact) mass is 501 g/mol. The van der Waals surface area contributed by atoms with E-state index in [2.05, 4.69) is 10.3 Å². The van der Waals surface area contributed by atoms with Crippen LogP contribution in [0.2, 0.25) is 5.02 Å². The number of amides is 2. The average molecular weight is 502 g/mol. The summed E-state index contributed by atoms with van der Waals surface area (Å²) < 4.78 is 13.6. The van der Waals surface area contributed by atoms with E-state index in [1.807, 2.05) is 42.5 Å². The van der Waals surface area contributed by atoms with Gasteiger partial charge in [-0.2, -0.15) is 0 Å². The van der Waals surface area contributed by atoms with Crippen molar-refractivity contribution in [1.82, 2.24) is 15.2 Å². The summed E-state index contributed by atoms with van der Waals surface area (Å²) in [4.78, 5) is 32.8. The van der Waals surface area contributed by atoms with Gasteiger partial charge in [0.25, 0.3) is 0 Å². The lowest BCUT2D eigenvalue weighted by atomic mass is 10.0. The van der Waals surface area contributed by atoms with Crippen LogP contribution in [0, 0.1) is 5.82 Å². The SMILES string of the molecule is O=C(NCc1ccncc1)[C@@H](c1ccccc1)N(Cc1ccc(F)cc1)C(=O)Cc1ccc(Cl)cc1. The third-order valence-corrected chi connectivity index (χ3v) is 6.00. The molecule has 4 aromatic rings. The number of halogens is 2. The predicted octanol–water partition coefficient (Wildman–Crippen LogP) is 5.50. The molecule has 182 valence electrons. The summed E-state index contributed by atoms with van der Waals surface area (Å²) in [5.74, 6) is -0.924. The van der Waals surface area contributed by atoms with E-state index >= 15 is 0 Å². The van der Waals surface area contributed by atoms with E-state index < -0.39 is 6.04 Å². The molecule has 0 aliphatic heterocycles. The van der Waals surface area contributed by atoms with Crippen LogP contribution in [0.4, 0.5) is 4.39 Å². The molecule has 1 aromatic heterocycles. The highest BCUT2D eigenvalue weighted by atomic mass is 35.5. The average Bonchev–Trinajstić information content (AvgIpc) is 2.91. The molecule has 1 heterocycles. The third kappa shape index (κ3) is 6.77. The van der Waals surface area contributed by atoms with Gasteiger partial charge in [-0.05, 0) is 58.7 Å². The summed E-state index contributed by atoms with van der Waals surface area (Å²) in [6, 6.07) is 24.9. The van der Waals surface area contributed by atoms with Crippen molar-refractivity contribution in [2.75, 3.05) is 0 Å². The van der Waals surface area contributed by atoms with Gasteiger partial charge < -0.3 is 10.2 Å². The largest absolute Gasteiger partial charge is 0.350 e. The molecule has 1 atom stereocenters. The molecular formula is C29H25ClFN3O2. The minimum atomic E-state index is -0.891. The maximum absolute atomic E-state index is 13.7. The second kappa shape index (κ2) is 12.1. The van der Waals surface area contributed by atoms with Crippen LogP contribution in [-0.4, -0.2) is 21.7 Å². The highest BCUT2D eigenvalue weighted by Crippen LogP contribution is 2.25. The van der Waals surface area contributed by atoms with Crippen molar-refractivity contribution in [3.05, 3.63) is 136 Å². The van der Waals surface area contributed by atoms with Crippen LogP contribution < -0.4 is 5.32 Å². The van der Waals surface area contributed by atoms with Crippen molar-refractivity contribution in [3.8, 4) is 0 Å². The Morgan fingerprint density at radius 2 is 1.47 bits per heavy atom. The van der Waals surface area contributed by atoms with E-state index in [9.17, 15) is 14.0 Å². The lowest BCUT2D eigenvalue weighted by Crippen LogP contribution is -2.43. The van der Waals surface area contributed by atoms with Crippen molar-refractivity contribution >= 4 is 23.4 Å². The predicted molar refractivity (Wildman–Crippen MR) is 137 cm³/mol. The number of aromatic nitrogens is 1. The van der Waals surface area contributed by atoms with Gasteiger partial charge in [0.1, 0.15) is 11.9 Å². The summed E-state index contributed by atoms with van der Waals surface area (Å²) in [7, 11) is 0. The Kier molecular flexibility index (Phi) is 8.42. The Morgan fingerprint density at radius 3 is 2.14 bits per heavy atom. The first-order valence-corrected chi connectivity index (χ1v) is 11.9. The van der Waals surface area contributed by atoms with E-state index in [0.717, 1.165) is 11.1 Å². The molecule has 0 spiro atoms. The molecule has 7 heteroatoms. The van der Waals surface area contributed by atoms with Crippen molar-refractivity contribution < 1.29 is 14.0 Å². The van der Waals surface area contributed by atoms with E-state index in [4.69, 9.17) is 11.6 Å². The molecule has 0 aliphatic rings. The number of carbonyl (C=O) groups excluding carboxylic acids is 2. The number of nitrogens with zero attached hydrogens (tertiary/aromatic N) is 2. The van der Waals surface area contributed by atoms with Gasteiger partial charge in [0, 0.05) is 30.5 Å². The maximum atomic E-state index is 13.7. The molecule has 5 nitrogen and oxygen atoms in total. The van der Waals surface area contributed by atoms with Crippen molar-refractivity contribution in [2.24, 2.45) is 0 Å². The van der Waals surface area contributed by atoms with Gasteiger partial charge in [-0.15, -0.1) is 0 Å². The molecule has 0 saturated carbocycles. The van der Waals surface area contributed by atoms with Crippen molar-refractivity contribution in [3.63, 3.8) is 0 Å². The molecule has 3 aromatic carbocycles. The van der Waals surface area contributed by atoms with E-state index in [1.165, 1.54) is 12.1 Å². The zero-order valence-corrected chi connectivity index (χ0v) is 20.2. The number of hydrogen-bond donors (Lipinski definition) is 1. The van der Waals surface area contributed by atoms with E-state index in [1.54, 1.807) is 53.7 Å². The van der Waals surface area contributed by atoms with Crippen LogP contribution in [0.5, 0.6) is 0 Å². The molecule has 0 saturated heterocycles. The summed E-state index contributed by atoms with van der Waals surface area (Å²) in [5, 5.41) is 3.54. The second-order valence-corrected chi connectivity index (χ2v) is 8.77. The highest BCUT2D eigenvalue weighted by Gasteiger charge is 2.31. The van der Waals surface area contributed by atoms with Gasteiger partial charge in [-0.1, -0.05) is 66.2 Å². The fourth-order valence-electron chi connectivity index (χ4n) is 3.88. The number of pyridine rings is 1. The third-order valence-electron chi connectivity index (χ3n) is 5.75. The van der Waals surface area contributed by atoms with Crippen LogP contribution in [0.15, 0.2) is 103 Å². The number of benzene rings is 3. The number of carbonyl (C=O) groups is 2. The Labute approximate surface area is 214 Å². The molecule has 0 unspecified atom stereocenters. The Balaban J connectivity index is 1.67. The number of rotatable bonds is 9. The molecule has 2 amide bonds. The lowest BCUT2D eigenvalue weighted by molar-refractivity contribution is -0.141. The van der Waals surface area contributed by atoms with Crippen LogP contribution in [0.1, 0.15) is 28.3 Å². The normalized spacial score (nSPS) is 11.5. The van der Waals surface area contributed by atoms with Gasteiger partial charge in [0.15, 0.2) is 0 Å². The Bertz CT molecular complexity index is 1280. The van der Waals surface area contributed by atoms with Crippen LogP contribution in [-0.2, 0) is 29.1 Å². The van der Waals surface area contributed by atoms with Crippen molar-refractivity contribution in [1.29, 1.82) is 0 Å². The zero-order valence-electron chi connectivity index (χ0n) is 19.5. The first kappa shape index (κ1) is 25.1. The lowest BCUT2D eigenvalue weighted by Gasteiger charge is -2.32. The first-order chi connectivity index (χ1) is 17.5.